The number of amides is 1. The van der Waals surface area contributed by atoms with Crippen LogP contribution in [0.15, 0.2) is 24.3 Å². The first-order valence-corrected chi connectivity index (χ1v) is 8.36. The largest absolute Gasteiger partial charge is 0.339 e. The average molecular weight is 304 g/mol. The molecule has 1 aromatic carbocycles. The average Bonchev–Trinajstić information content (AvgIpc) is 2.89. The predicted octanol–water partition coefficient (Wildman–Crippen LogP) is 3.05. The zero-order valence-electron chi connectivity index (χ0n) is 13.2. The molecule has 22 heavy (non-hydrogen) atoms. The quantitative estimate of drug-likeness (QED) is 0.913. The highest BCUT2D eigenvalue weighted by molar-refractivity contribution is 5.79. The lowest BCUT2D eigenvalue weighted by Crippen LogP contribution is -2.42. The second-order valence-corrected chi connectivity index (χ2v) is 6.95. The maximum Gasteiger partial charge on any atom is 0.225 e. The van der Waals surface area contributed by atoms with Crippen LogP contribution in [0.25, 0.3) is 0 Å². The summed E-state index contributed by atoms with van der Waals surface area (Å²) >= 11 is 0. The molecule has 4 heteroatoms. The molecule has 2 N–H and O–H groups in total. The number of hydrogen-bond acceptors (Lipinski definition) is 2. The van der Waals surface area contributed by atoms with E-state index in [4.69, 9.17) is 5.73 Å². The summed E-state index contributed by atoms with van der Waals surface area (Å²) in [6, 6.07) is 7.12. The number of rotatable bonds is 2. The summed E-state index contributed by atoms with van der Waals surface area (Å²) < 4.78 is 13.1. The number of carbonyl (C=O) groups is 1. The van der Waals surface area contributed by atoms with E-state index in [1.807, 2.05) is 17.0 Å². The summed E-state index contributed by atoms with van der Waals surface area (Å²) in [5.41, 5.74) is 7.15. The topological polar surface area (TPSA) is 46.3 Å². The number of likely N-dealkylation sites (tertiary alicyclic amines) is 1. The molecule has 1 aliphatic heterocycles. The van der Waals surface area contributed by atoms with Gasteiger partial charge in [0.2, 0.25) is 5.91 Å². The van der Waals surface area contributed by atoms with Crippen LogP contribution in [0.1, 0.15) is 50.5 Å². The molecule has 3 nitrogen and oxygen atoms in total. The second kappa shape index (κ2) is 6.37. The molecular weight excluding hydrogens is 279 g/mol. The van der Waals surface area contributed by atoms with Gasteiger partial charge in [0, 0.05) is 30.5 Å². The summed E-state index contributed by atoms with van der Waals surface area (Å²) in [5.74, 6) is 0.473. The molecule has 1 aromatic rings. The zero-order valence-corrected chi connectivity index (χ0v) is 13.2. The fourth-order valence-corrected chi connectivity index (χ4v) is 4.00. The van der Waals surface area contributed by atoms with Gasteiger partial charge in [0.1, 0.15) is 5.82 Å². The van der Waals surface area contributed by atoms with Crippen LogP contribution in [0.2, 0.25) is 0 Å². The number of hydrogen-bond donors (Lipinski definition) is 1. The van der Waals surface area contributed by atoms with E-state index >= 15 is 0 Å². The Morgan fingerprint density at radius 3 is 2.64 bits per heavy atom. The van der Waals surface area contributed by atoms with E-state index in [1.165, 1.54) is 12.1 Å². The van der Waals surface area contributed by atoms with Gasteiger partial charge in [0.05, 0.1) is 0 Å². The zero-order chi connectivity index (χ0) is 15.7. The van der Waals surface area contributed by atoms with Crippen molar-refractivity contribution >= 4 is 5.91 Å². The summed E-state index contributed by atoms with van der Waals surface area (Å²) in [6.07, 6.45) is 4.84. The third-order valence-corrected chi connectivity index (χ3v) is 5.26. The molecule has 3 rings (SSSR count). The Morgan fingerprint density at radius 2 is 1.95 bits per heavy atom. The lowest BCUT2D eigenvalue weighted by atomic mass is 9.85. The van der Waals surface area contributed by atoms with Crippen LogP contribution in [0, 0.1) is 11.7 Å². The standard InChI is InChI=1S/C18H25FN2O/c1-12-9-15(13-5-7-16(19)8-6-13)11-21(12)18(22)14-3-2-4-17(20)10-14/h5-8,12,14-15,17H,2-4,9-11,20H2,1H3. The van der Waals surface area contributed by atoms with Crippen LogP contribution >= 0.6 is 0 Å². The third kappa shape index (κ3) is 3.17. The minimum Gasteiger partial charge on any atom is -0.339 e. The maximum atomic E-state index is 13.1. The Morgan fingerprint density at radius 1 is 1.23 bits per heavy atom. The highest BCUT2D eigenvalue weighted by Gasteiger charge is 2.37. The maximum absolute atomic E-state index is 13.1. The molecule has 2 aliphatic rings. The van der Waals surface area contributed by atoms with Crippen LogP contribution in [0.5, 0.6) is 0 Å². The number of halogens is 1. The highest BCUT2D eigenvalue weighted by atomic mass is 19.1. The normalized spacial score (nSPS) is 32.2. The van der Waals surface area contributed by atoms with Gasteiger partial charge in [-0.2, -0.15) is 0 Å². The van der Waals surface area contributed by atoms with Crippen molar-refractivity contribution in [3.05, 3.63) is 35.6 Å². The number of carbonyl (C=O) groups excluding carboxylic acids is 1. The van der Waals surface area contributed by atoms with E-state index in [1.54, 1.807) is 0 Å². The molecule has 1 amide bonds. The predicted molar refractivity (Wildman–Crippen MR) is 84.9 cm³/mol. The molecule has 1 aliphatic carbocycles. The summed E-state index contributed by atoms with van der Waals surface area (Å²) in [4.78, 5) is 14.8. The molecule has 2 fully saturated rings. The number of benzene rings is 1. The molecule has 1 saturated carbocycles. The van der Waals surface area contributed by atoms with Gasteiger partial charge in [-0.15, -0.1) is 0 Å². The van der Waals surface area contributed by atoms with Crippen molar-refractivity contribution < 1.29 is 9.18 Å². The van der Waals surface area contributed by atoms with Gasteiger partial charge in [0.15, 0.2) is 0 Å². The van der Waals surface area contributed by atoms with Crippen molar-refractivity contribution in [3.63, 3.8) is 0 Å². The summed E-state index contributed by atoms with van der Waals surface area (Å²) in [6.45, 7) is 2.86. The Labute approximate surface area is 131 Å². The first-order chi connectivity index (χ1) is 10.5. The lowest BCUT2D eigenvalue weighted by molar-refractivity contribution is -0.137. The Balaban J connectivity index is 1.67. The highest BCUT2D eigenvalue weighted by Crippen LogP contribution is 2.34. The van der Waals surface area contributed by atoms with Gasteiger partial charge in [-0.1, -0.05) is 18.6 Å². The third-order valence-electron chi connectivity index (χ3n) is 5.26. The van der Waals surface area contributed by atoms with Gasteiger partial charge in [0.25, 0.3) is 0 Å². The fraction of sp³-hybridized carbons (Fsp3) is 0.611. The molecule has 1 saturated heterocycles. The molecule has 0 bridgehead atoms. The fourth-order valence-electron chi connectivity index (χ4n) is 4.00. The minimum atomic E-state index is -0.209. The molecule has 0 aromatic heterocycles. The van der Waals surface area contributed by atoms with Gasteiger partial charge in [-0.25, -0.2) is 4.39 Å². The lowest BCUT2D eigenvalue weighted by Gasteiger charge is -2.31. The van der Waals surface area contributed by atoms with Crippen LogP contribution in [-0.2, 0) is 4.79 Å². The minimum absolute atomic E-state index is 0.0955. The van der Waals surface area contributed by atoms with E-state index < -0.39 is 0 Å². The second-order valence-electron chi connectivity index (χ2n) is 6.95. The van der Waals surface area contributed by atoms with Crippen molar-refractivity contribution in [2.75, 3.05) is 6.54 Å². The first kappa shape index (κ1) is 15.5. The van der Waals surface area contributed by atoms with E-state index in [9.17, 15) is 9.18 Å². The van der Waals surface area contributed by atoms with Crippen LogP contribution in [0.3, 0.4) is 0 Å². The molecular formula is C18H25FN2O. The van der Waals surface area contributed by atoms with Gasteiger partial charge >= 0.3 is 0 Å². The van der Waals surface area contributed by atoms with E-state index in [2.05, 4.69) is 6.92 Å². The van der Waals surface area contributed by atoms with Crippen molar-refractivity contribution in [2.45, 2.75) is 57.0 Å². The number of nitrogens with two attached hydrogens (primary N) is 1. The van der Waals surface area contributed by atoms with Crippen LogP contribution in [0.4, 0.5) is 4.39 Å². The molecule has 0 radical (unpaired) electrons. The Kier molecular flexibility index (Phi) is 4.48. The summed E-state index contributed by atoms with van der Waals surface area (Å²) in [5, 5.41) is 0. The van der Waals surface area contributed by atoms with Crippen molar-refractivity contribution in [1.82, 2.24) is 4.90 Å². The molecule has 0 spiro atoms. The van der Waals surface area contributed by atoms with Gasteiger partial charge in [-0.3, -0.25) is 4.79 Å². The summed E-state index contributed by atoms with van der Waals surface area (Å²) in [7, 11) is 0. The van der Waals surface area contributed by atoms with E-state index in [0.29, 0.717) is 5.92 Å². The number of nitrogens with zero attached hydrogens (tertiary/aromatic N) is 1. The van der Waals surface area contributed by atoms with Crippen molar-refractivity contribution in [3.8, 4) is 0 Å². The Hall–Kier alpha value is -1.42. The Bertz CT molecular complexity index is 530. The van der Waals surface area contributed by atoms with Gasteiger partial charge in [-0.05, 0) is 50.3 Å². The first-order valence-electron chi connectivity index (χ1n) is 8.36. The smallest absolute Gasteiger partial charge is 0.225 e. The van der Waals surface area contributed by atoms with E-state index in [-0.39, 0.29) is 29.7 Å². The van der Waals surface area contributed by atoms with Crippen molar-refractivity contribution in [2.24, 2.45) is 11.7 Å². The SMILES string of the molecule is CC1CC(c2ccc(F)cc2)CN1C(=O)C1CCCC(N)C1. The van der Waals surface area contributed by atoms with Gasteiger partial charge < -0.3 is 10.6 Å². The molecule has 4 atom stereocenters. The van der Waals surface area contributed by atoms with Crippen LogP contribution < -0.4 is 5.73 Å². The molecule has 4 unspecified atom stereocenters. The van der Waals surface area contributed by atoms with Crippen molar-refractivity contribution in [1.29, 1.82) is 0 Å². The van der Waals surface area contributed by atoms with Crippen LogP contribution in [-0.4, -0.2) is 29.4 Å². The molecule has 120 valence electrons. The van der Waals surface area contributed by atoms with E-state index in [0.717, 1.165) is 44.2 Å². The molecule has 1 heterocycles. The monoisotopic (exact) mass is 304 g/mol.